The van der Waals surface area contributed by atoms with Crippen molar-refractivity contribution in [1.29, 1.82) is 0 Å². The lowest BCUT2D eigenvalue weighted by Gasteiger charge is -2.11. The third-order valence-electron chi connectivity index (χ3n) is 3.53. The highest BCUT2D eigenvalue weighted by Crippen LogP contribution is 2.20. The predicted molar refractivity (Wildman–Crippen MR) is 105 cm³/mol. The lowest BCUT2D eigenvalue weighted by molar-refractivity contribution is -0.122. The molecule has 0 fully saturated rings. The van der Waals surface area contributed by atoms with E-state index in [1.807, 2.05) is 44.2 Å². The smallest absolute Gasteiger partial charge is 0.243 e. The van der Waals surface area contributed by atoms with Crippen molar-refractivity contribution in [2.45, 2.75) is 13.8 Å². The Morgan fingerprint density at radius 1 is 1.00 bits per heavy atom. The van der Waals surface area contributed by atoms with Gasteiger partial charge in [0.1, 0.15) is 0 Å². The van der Waals surface area contributed by atoms with Crippen LogP contribution in [0.2, 0.25) is 5.02 Å². The SMILES string of the molecule is Cc1ccc(NCC(=O)NCC(=O)Nc2ccc(Br)cc2C)cc1Cl. The van der Waals surface area contributed by atoms with E-state index in [1.165, 1.54) is 0 Å². The first-order valence-corrected chi connectivity index (χ1v) is 8.85. The van der Waals surface area contributed by atoms with E-state index in [1.54, 1.807) is 6.07 Å². The summed E-state index contributed by atoms with van der Waals surface area (Å²) in [6, 6.07) is 11.0. The second-order valence-electron chi connectivity index (χ2n) is 5.60. The summed E-state index contributed by atoms with van der Waals surface area (Å²) < 4.78 is 0.943. The maximum atomic E-state index is 11.9. The van der Waals surface area contributed by atoms with Gasteiger partial charge in [0.05, 0.1) is 13.1 Å². The predicted octanol–water partition coefficient (Wildman–Crippen LogP) is 3.89. The second kappa shape index (κ2) is 8.87. The zero-order chi connectivity index (χ0) is 18.4. The van der Waals surface area contributed by atoms with E-state index in [2.05, 4.69) is 31.9 Å². The van der Waals surface area contributed by atoms with Crippen LogP contribution in [0.4, 0.5) is 11.4 Å². The number of halogens is 2. The zero-order valence-corrected chi connectivity index (χ0v) is 16.3. The number of aryl methyl sites for hydroxylation is 2. The van der Waals surface area contributed by atoms with Crippen molar-refractivity contribution in [3.63, 3.8) is 0 Å². The summed E-state index contributed by atoms with van der Waals surface area (Å²) in [6.07, 6.45) is 0. The molecule has 0 bridgehead atoms. The quantitative estimate of drug-likeness (QED) is 0.659. The van der Waals surface area contributed by atoms with Crippen LogP contribution in [0.3, 0.4) is 0 Å². The Balaban J connectivity index is 1.77. The van der Waals surface area contributed by atoms with Gasteiger partial charge in [-0.1, -0.05) is 33.6 Å². The molecule has 0 saturated carbocycles. The van der Waals surface area contributed by atoms with Crippen molar-refractivity contribution >= 4 is 50.7 Å². The normalized spacial score (nSPS) is 10.2. The number of amides is 2. The number of carbonyl (C=O) groups is 2. The number of rotatable bonds is 6. The first-order valence-electron chi connectivity index (χ1n) is 7.68. The molecule has 0 aliphatic carbocycles. The summed E-state index contributed by atoms with van der Waals surface area (Å²) >= 11 is 9.41. The number of benzene rings is 2. The van der Waals surface area contributed by atoms with E-state index < -0.39 is 0 Å². The Kier molecular flexibility index (Phi) is 6.84. The van der Waals surface area contributed by atoms with E-state index >= 15 is 0 Å². The molecule has 0 radical (unpaired) electrons. The monoisotopic (exact) mass is 423 g/mol. The van der Waals surface area contributed by atoms with Gasteiger partial charge in [0.25, 0.3) is 0 Å². The number of hydrogen-bond acceptors (Lipinski definition) is 3. The maximum Gasteiger partial charge on any atom is 0.243 e. The van der Waals surface area contributed by atoms with Gasteiger partial charge in [0, 0.05) is 20.9 Å². The lowest BCUT2D eigenvalue weighted by atomic mass is 10.2. The molecule has 3 N–H and O–H groups in total. The van der Waals surface area contributed by atoms with Crippen LogP contribution < -0.4 is 16.0 Å². The van der Waals surface area contributed by atoms with Crippen molar-refractivity contribution in [3.05, 3.63) is 57.0 Å². The molecule has 0 atom stereocenters. The Morgan fingerprint density at radius 3 is 2.44 bits per heavy atom. The average Bonchev–Trinajstić information content (AvgIpc) is 2.56. The van der Waals surface area contributed by atoms with Gasteiger partial charge in [-0.15, -0.1) is 0 Å². The molecule has 5 nitrogen and oxygen atoms in total. The molecular formula is C18H19BrClN3O2. The largest absolute Gasteiger partial charge is 0.376 e. The van der Waals surface area contributed by atoms with Crippen LogP contribution in [0.25, 0.3) is 0 Å². The summed E-state index contributed by atoms with van der Waals surface area (Å²) in [4.78, 5) is 23.8. The van der Waals surface area contributed by atoms with Gasteiger partial charge in [0.2, 0.25) is 11.8 Å². The molecule has 25 heavy (non-hydrogen) atoms. The molecule has 132 valence electrons. The van der Waals surface area contributed by atoms with Crippen molar-refractivity contribution in [2.75, 3.05) is 23.7 Å². The number of carbonyl (C=O) groups excluding carboxylic acids is 2. The van der Waals surface area contributed by atoms with E-state index in [4.69, 9.17) is 11.6 Å². The minimum absolute atomic E-state index is 0.0595. The van der Waals surface area contributed by atoms with Crippen LogP contribution in [0.15, 0.2) is 40.9 Å². The van der Waals surface area contributed by atoms with Crippen LogP contribution in [0.5, 0.6) is 0 Å². The second-order valence-corrected chi connectivity index (χ2v) is 6.92. The van der Waals surface area contributed by atoms with Crippen LogP contribution in [-0.4, -0.2) is 24.9 Å². The van der Waals surface area contributed by atoms with Crippen LogP contribution in [0.1, 0.15) is 11.1 Å². The van der Waals surface area contributed by atoms with Crippen molar-refractivity contribution in [3.8, 4) is 0 Å². The summed E-state index contributed by atoms with van der Waals surface area (Å²) in [5.41, 5.74) is 3.37. The van der Waals surface area contributed by atoms with Crippen LogP contribution in [-0.2, 0) is 9.59 Å². The molecule has 0 aliphatic rings. The van der Waals surface area contributed by atoms with Gasteiger partial charge in [-0.25, -0.2) is 0 Å². The van der Waals surface area contributed by atoms with E-state index in [-0.39, 0.29) is 24.9 Å². The molecular weight excluding hydrogens is 406 g/mol. The van der Waals surface area contributed by atoms with Crippen LogP contribution >= 0.6 is 27.5 Å². The van der Waals surface area contributed by atoms with Gasteiger partial charge >= 0.3 is 0 Å². The Bertz CT molecular complexity index is 796. The van der Waals surface area contributed by atoms with Crippen molar-refractivity contribution < 1.29 is 9.59 Å². The Hall–Kier alpha value is -2.05. The minimum atomic E-state index is -0.280. The summed E-state index contributed by atoms with van der Waals surface area (Å²) in [7, 11) is 0. The fraction of sp³-hybridized carbons (Fsp3) is 0.222. The third kappa shape index (κ3) is 6.07. The number of hydrogen-bond donors (Lipinski definition) is 3. The fourth-order valence-corrected chi connectivity index (χ4v) is 2.74. The number of nitrogens with one attached hydrogen (secondary N) is 3. The van der Waals surface area contributed by atoms with Gasteiger partial charge in [-0.05, 0) is 55.3 Å². The summed E-state index contributed by atoms with van der Waals surface area (Å²) in [5, 5.41) is 8.94. The first kappa shape index (κ1) is 19.3. The minimum Gasteiger partial charge on any atom is -0.376 e. The molecule has 0 spiro atoms. The molecule has 0 saturated heterocycles. The topological polar surface area (TPSA) is 70.2 Å². The van der Waals surface area contributed by atoms with Gasteiger partial charge in [0.15, 0.2) is 0 Å². The van der Waals surface area contributed by atoms with Gasteiger partial charge < -0.3 is 16.0 Å². The van der Waals surface area contributed by atoms with Crippen molar-refractivity contribution in [2.24, 2.45) is 0 Å². The molecule has 7 heteroatoms. The molecule has 2 aromatic carbocycles. The first-order chi connectivity index (χ1) is 11.8. The molecule has 0 aliphatic heterocycles. The van der Waals surface area contributed by atoms with E-state index in [9.17, 15) is 9.59 Å². The van der Waals surface area contributed by atoms with E-state index in [0.717, 1.165) is 27.0 Å². The molecule has 2 rings (SSSR count). The molecule has 0 aromatic heterocycles. The standard InChI is InChI=1S/C18H19BrClN3O2/c1-11-3-5-14(8-15(11)20)21-9-17(24)22-10-18(25)23-16-6-4-13(19)7-12(16)2/h3-8,21H,9-10H2,1-2H3,(H,22,24)(H,23,25). The highest BCUT2D eigenvalue weighted by molar-refractivity contribution is 9.10. The summed E-state index contributed by atoms with van der Waals surface area (Å²) in [5.74, 6) is -0.559. The fourth-order valence-electron chi connectivity index (χ4n) is 2.09. The van der Waals surface area contributed by atoms with Crippen molar-refractivity contribution in [1.82, 2.24) is 5.32 Å². The highest BCUT2D eigenvalue weighted by Gasteiger charge is 2.08. The zero-order valence-electron chi connectivity index (χ0n) is 14.0. The molecule has 2 aromatic rings. The highest BCUT2D eigenvalue weighted by atomic mass is 79.9. The Labute approximate surface area is 160 Å². The summed E-state index contributed by atoms with van der Waals surface area (Å²) in [6.45, 7) is 3.77. The number of anilines is 2. The Morgan fingerprint density at radius 2 is 1.76 bits per heavy atom. The molecule has 0 unspecified atom stereocenters. The van der Waals surface area contributed by atoms with Gasteiger partial charge in [-0.2, -0.15) is 0 Å². The third-order valence-corrected chi connectivity index (χ3v) is 4.43. The van der Waals surface area contributed by atoms with Crippen LogP contribution in [0, 0.1) is 13.8 Å². The average molecular weight is 425 g/mol. The molecule has 2 amide bonds. The lowest BCUT2D eigenvalue weighted by Crippen LogP contribution is -2.36. The van der Waals surface area contributed by atoms with Gasteiger partial charge in [-0.3, -0.25) is 9.59 Å². The maximum absolute atomic E-state index is 11.9. The molecule has 0 heterocycles. The van der Waals surface area contributed by atoms with E-state index in [0.29, 0.717) is 5.02 Å².